The summed E-state index contributed by atoms with van der Waals surface area (Å²) in [6, 6.07) is 7.36. The van der Waals surface area contributed by atoms with E-state index in [-0.39, 0.29) is 28.5 Å². The molecule has 108 valence electrons. The molecule has 2 rings (SSSR count). The van der Waals surface area contributed by atoms with Gasteiger partial charge in [-0.05, 0) is 19.4 Å². The van der Waals surface area contributed by atoms with Gasteiger partial charge in [-0.2, -0.15) is 23.8 Å². The first kappa shape index (κ1) is 18.7. The van der Waals surface area contributed by atoms with Crippen LogP contribution in [0.25, 0.3) is 0 Å². The molecular formula is C17H23N2W-. The van der Waals surface area contributed by atoms with Gasteiger partial charge in [0.05, 0.1) is 5.82 Å². The monoisotopic (exact) mass is 439 g/mol. The molecule has 0 saturated heterocycles. The van der Waals surface area contributed by atoms with Crippen LogP contribution in [0.15, 0.2) is 48.1 Å². The molecule has 2 nitrogen and oxygen atoms in total. The molecule has 0 aliphatic carbocycles. The fourth-order valence-corrected chi connectivity index (χ4v) is 2.18. The number of aryl methyl sites for hydroxylation is 2. The smallest absolute Gasteiger partial charge is 0.0958 e. The number of hydrogen-bond acceptors (Lipinski definition) is 2. The second-order valence-electron chi connectivity index (χ2n) is 4.79. The molecule has 0 fully saturated rings. The molecule has 0 atom stereocenters. The third-order valence-corrected chi connectivity index (χ3v) is 3.38. The van der Waals surface area contributed by atoms with Gasteiger partial charge < -0.3 is 10.2 Å². The Morgan fingerprint density at radius 1 is 1.15 bits per heavy atom. The van der Waals surface area contributed by atoms with Crippen LogP contribution in [-0.2, 0) is 21.1 Å². The molecule has 0 unspecified atom stereocenters. The Kier molecular flexibility index (Phi) is 6.50. The van der Waals surface area contributed by atoms with Gasteiger partial charge in [-0.1, -0.05) is 40.1 Å². The Morgan fingerprint density at radius 2 is 1.75 bits per heavy atom. The van der Waals surface area contributed by atoms with Crippen molar-refractivity contribution in [1.82, 2.24) is 5.32 Å². The second-order valence-corrected chi connectivity index (χ2v) is 4.79. The van der Waals surface area contributed by atoms with E-state index in [1.165, 1.54) is 5.56 Å². The zero-order valence-electron chi connectivity index (χ0n) is 11.9. The molecule has 3 heteroatoms. The summed E-state index contributed by atoms with van der Waals surface area (Å²) in [5.74, 6) is 0.837. The van der Waals surface area contributed by atoms with Gasteiger partial charge in [-0.25, -0.2) is 0 Å². The first-order valence-corrected chi connectivity index (χ1v) is 6.03. The number of nitrogens with zero attached hydrogens (tertiary/aromatic N) is 1. The number of allylic oxidation sites excluding steroid dienone is 2. The Labute approximate surface area is 137 Å². The SMILES string of the molecule is C.C=C1NC(C)=C(C)C(=C)N1c1c[c-]c(C)cc1C.[W]. The summed E-state index contributed by atoms with van der Waals surface area (Å²) in [7, 11) is 0. The molecule has 1 aromatic rings. The molecule has 1 aliphatic rings. The van der Waals surface area contributed by atoms with E-state index in [2.05, 4.69) is 44.5 Å². The van der Waals surface area contributed by atoms with Crippen LogP contribution in [0.3, 0.4) is 0 Å². The maximum atomic E-state index is 4.17. The molecule has 20 heavy (non-hydrogen) atoms. The normalized spacial score (nSPS) is 14.5. The largest absolute Gasteiger partial charge is 0.352 e. The molecule has 1 aromatic carbocycles. The number of nitrogens with one attached hydrogen (secondary N) is 1. The molecule has 0 amide bonds. The fourth-order valence-electron chi connectivity index (χ4n) is 2.18. The molecule has 0 bridgehead atoms. The number of rotatable bonds is 1. The minimum absolute atomic E-state index is 0. The second kappa shape index (κ2) is 6.94. The molecule has 1 aliphatic heterocycles. The van der Waals surface area contributed by atoms with Crippen LogP contribution in [0.2, 0.25) is 0 Å². The predicted molar refractivity (Wildman–Crippen MR) is 83.8 cm³/mol. The Morgan fingerprint density at radius 3 is 2.30 bits per heavy atom. The van der Waals surface area contributed by atoms with Gasteiger partial charge in [0.1, 0.15) is 0 Å². The molecule has 0 saturated carbocycles. The third-order valence-electron chi connectivity index (χ3n) is 3.38. The van der Waals surface area contributed by atoms with E-state index in [4.69, 9.17) is 0 Å². The van der Waals surface area contributed by atoms with E-state index in [1.807, 2.05) is 24.8 Å². The summed E-state index contributed by atoms with van der Waals surface area (Å²) in [5, 5.41) is 3.29. The first-order valence-electron chi connectivity index (χ1n) is 6.03. The number of anilines is 1. The average Bonchev–Trinajstić information content (AvgIpc) is 2.29. The molecular weight excluding hydrogens is 416 g/mol. The van der Waals surface area contributed by atoms with Gasteiger partial charge in [-0.3, -0.25) is 0 Å². The summed E-state index contributed by atoms with van der Waals surface area (Å²) in [5.41, 5.74) is 6.65. The molecule has 0 spiro atoms. The summed E-state index contributed by atoms with van der Waals surface area (Å²) in [6.45, 7) is 16.5. The van der Waals surface area contributed by atoms with Crippen molar-refractivity contribution in [2.24, 2.45) is 0 Å². The van der Waals surface area contributed by atoms with Gasteiger partial charge >= 0.3 is 0 Å². The minimum Gasteiger partial charge on any atom is -0.352 e. The molecule has 0 aromatic heterocycles. The van der Waals surface area contributed by atoms with Gasteiger partial charge in [-0.15, -0.1) is 5.56 Å². The summed E-state index contributed by atoms with van der Waals surface area (Å²) >= 11 is 0. The van der Waals surface area contributed by atoms with E-state index >= 15 is 0 Å². The standard InChI is InChI=1S/C16H19N2.CH4.W/c1-10-7-8-16(11(2)9-10)18-14(5)12(3)13(4)17-15(18)6;;/h8-9,17H,5-6H2,1-4H3;1H4;/q-1;;. The van der Waals surface area contributed by atoms with E-state index in [1.54, 1.807) is 0 Å². The molecule has 1 N–H and O–H groups in total. The van der Waals surface area contributed by atoms with Gasteiger partial charge in [0.15, 0.2) is 0 Å². The summed E-state index contributed by atoms with van der Waals surface area (Å²) < 4.78 is 0. The van der Waals surface area contributed by atoms with Crippen LogP contribution >= 0.6 is 0 Å². The van der Waals surface area contributed by atoms with Crippen molar-refractivity contribution in [1.29, 1.82) is 0 Å². The Hall–Kier alpha value is -1.27. The zero-order chi connectivity index (χ0) is 13.4. The van der Waals surface area contributed by atoms with E-state index in [0.29, 0.717) is 0 Å². The van der Waals surface area contributed by atoms with Crippen molar-refractivity contribution in [3.8, 4) is 0 Å². The topological polar surface area (TPSA) is 15.3 Å². The van der Waals surface area contributed by atoms with Crippen LogP contribution in [0, 0.1) is 19.9 Å². The molecule has 0 radical (unpaired) electrons. The first-order chi connectivity index (χ1) is 8.41. The van der Waals surface area contributed by atoms with Crippen molar-refractivity contribution in [3.05, 3.63) is 65.3 Å². The predicted octanol–water partition coefficient (Wildman–Crippen LogP) is 4.43. The van der Waals surface area contributed by atoms with Gasteiger partial charge in [0, 0.05) is 32.5 Å². The molecule has 1 heterocycles. The third kappa shape index (κ3) is 3.24. The summed E-state index contributed by atoms with van der Waals surface area (Å²) in [6.07, 6.45) is 0. The van der Waals surface area contributed by atoms with Crippen molar-refractivity contribution >= 4 is 5.69 Å². The Bertz CT molecular complexity index is 570. The van der Waals surface area contributed by atoms with Crippen molar-refractivity contribution in [2.75, 3.05) is 4.90 Å². The van der Waals surface area contributed by atoms with Crippen molar-refractivity contribution < 1.29 is 21.1 Å². The zero-order valence-corrected chi connectivity index (χ0v) is 14.9. The van der Waals surface area contributed by atoms with E-state index in [9.17, 15) is 0 Å². The van der Waals surface area contributed by atoms with Crippen LogP contribution in [0.5, 0.6) is 0 Å². The Balaban J connectivity index is 0.00000180. The van der Waals surface area contributed by atoms with Crippen LogP contribution < -0.4 is 10.2 Å². The minimum atomic E-state index is 0. The van der Waals surface area contributed by atoms with Crippen molar-refractivity contribution in [2.45, 2.75) is 35.1 Å². The summed E-state index contributed by atoms with van der Waals surface area (Å²) in [4.78, 5) is 2.05. The maximum Gasteiger partial charge on any atom is 0.0958 e. The maximum absolute atomic E-state index is 4.17. The number of hydrogen-bond donors (Lipinski definition) is 1. The average molecular weight is 439 g/mol. The van der Waals surface area contributed by atoms with Crippen LogP contribution in [-0.4, -0.2) is 0 Å². The van der Waals surface area contributed by atoms with E-state index < -0.39 is 0 Å². The number of benzene rings is 1. The van der Waals surface area contributed by atoms with Crippen LogP contribution in [0.4, 0.5) is 5.69 Å². The van der Waals surface area contributed by atoms with Gasteiger partial charge in [0.2, 0.25) is 0 Å². The quantitative estimate of drug-likeness (QED) is 0.652. The van der Waals surface area contributed by atoms with E-state index in [0.717, 1.165) is 34.0 Å². The van der Waals surface area contributed by atoms with Gasteiger partial charge in [0.25, 0.3) is 0 Å². The van der Waals surface area contributed by atoms with Crippen LogP contribution in [0.1, 0.15) is 32.4 Å². The fraction of sp³-hybridized carbons (Fsp3) is 0.294. The van der Waals surface area contributed by atoms with Crippen molar-refractivity contribution in [3.63, 3.8) is 0 Å².